The Hall–Kier alpha value is 2.56. The van der Waals surface area contributed by atoms with Gasteiger partial charge in [0.05, 0.1) is 0 Å². The van der Waals surface area contributed by atoms with Crippen molar-refractivity contribution in [2.75, 3.05) is 0 Å². The van der Waals surface area contributed by atoms with Crippen LogP contribution in [0.1, 0.15) is 0 Å². The summed E-state index contributed by atoms with van der Waals surface area (Å²) in [5.74, 6) is 0. The van der Waals surface area contributed by atoms with Crippen molar-refractivity contribution in [2.45, 2.75) is 0 Å². The molecule has 0 aromatic rings. The standard InChI is InChI=1S/2Na.H6O13P4.2H/c;;1-14(2,3)11-17(10,12-15(4,5)6)13-16(7,8)9;;/h;;(H2,1,2,3)(H2,4,5,6)(H2,7,8,9);;. The molecular weight excluding hydrogens is 378 g/mol. The molecule has 0 fully saturated rings. The topological polar surface area (TPSA) is 217 Å². The molecule has 0 saturated heterocycles. The maximum atomic E-state index is 11.1. The van der Waals surface area contributed by atoms with Gasteiger partial charge >= 0.3 is 90.4 Å². The van der Waals surface area contributed by atoms with Crippen LogP contribution in [0.3, 0.4) is 0 Å². The van der Waals surface area contributed by atoms with E-state index >= 15 is 0 Å². The molecule has 0 bridgehead atoms. The third kappa shape index (κ3) is 16.8. The van der Waals surface area contributed by atoms with E-state index in [0.717, 1.165) is 0 Å². The normalized spacial score (nSPS) is 13.4. The van der Waals surface area contributed by atoms with E-state index in [2.05, 4.69) is 12.9 Å². The molecule has 0 aromatic heterocycles. The predicted molar refractivity (Wildman–Crippen MR) is 61.3 cm³/mol. The molecular formula is H8Na2O13P4. The molecule has 0 spiro atoms. The summed E-state index contributed by atoms with van der Waals surface area (Å²) in [4.78, 5) is 49.2. The van der Waals surface area contributed by atoms with Crippen molar-refractivity contribution in [1.29, 1.82) is 0 Å². The Labute approximate surface area is 150 Å². The van der Waals surface area contributed by atoms with E-state index in [9.17, 15) is 18.3 Å². The van der Waals surface area contributed by atoms with Crippen LogP contribution in [-0.2, 0) is 31.2 Å². The van der Waals surface area contributed by atoms with Gasteiger partial charge in [0.1, 0.15) is 0 Å². The summed E-state index contributed by atoms with van der Waals surface area (Å²) in [6, 6.07) is 0. The second-order valence-electron chi connectivity index (χ2n) is 2.16. The van der Waals surface area contributed by atoms with Crippen molar-refractivity contribution in [3.8, 4) is 0 Å². The van der Waals surface area contributed by atoms with Crippen LogP contribution in [0.4, 0.5) is 0 Å². The molecule has 13 nitrogen and oxygen atoms in total. The second kappa shape index (κ2) is 9.00. The molecule has 108 valence electrons. The van der Waals surface area contributed by atoms with Gasteiger partial charge in [0, 0.05) is 0 Å². The van der Waals surface area contributed by atoms with Gasteiger partial charge in [0.2, 0.25) is 0 Å². The quantitative estimate of drug-likeness (QED) is 0.218. The van der Waals surface area contributed by atoms with Gasteiger partial charge in [0.15, 0.2) is 0 Å². The second-order valence-corrected chi connectivity index (χ2v) is 7.96. The molecule has 0 unspecified atom stereocenters. The average Bonchev–Trinajstić information content (AvgIpc) is 1.65. The van der Waals surface area contributed by atoms with Crippen LogP contribution >= 0.6 is 31.3 Å². The van der Waals surface area contributed by atoms with E-state index in [0.29, 0.717) is 0 Å². The summed E-state index contributed by atoms with van der Waals surface area (Å²) < 4.78 is 51.4. The van der Waals surface area contributed by atoms with Crippen molar-refractivity contribution < 1.29 is 60.6 Å². The Morgan fingerprint density at radius 1 is 0.526 bits per heavy atom. The summed E-state index contributed by atoms with van der Waals surface area (Å²) in [6.07, 6.45) is 0. The van der Waals surface area contributed by atoms with E-state index in [1.54, 1.807) is 0 Å². The fourth-order valence-electron chi connectivity index (χ4n) is 0.436. The van der Waals surface area contributed by atoms with Crippen molar-refractivity contribution in [3.05, 3.63) is 0 Å². The molecule has 0 rings (SSSR count). The summed E-state index contributed by atoms with van der Waals surface area (Å²) >= 11 is 0. The van der Waals surface area contributed by atoms with E-state index in [4.69, 9.17) is 29.4 Å². The third-order valence-corrected chi connectivity index (χ3v) is 5.57. The van der Waals surface area contributed by atoms with Crippen LogP contribution in [0.5, 0.6) is 0 Å². The molecule has 19 heavy (non-hydrogen) atoms. The summed E-state index contributed by atoms with van der Waals surface area (Å²) in [6.45, 7) is 0. The summed E-state index contributed by atoms with van der Waals surface area (Å²) in [7, 11) is -22.9. The zero-order chi connectivity index (χ0) is 14.1. The minimum absolute atomic E-state index is 0. The van der Waals surface area contributed by atoms with Crippen LogP contribution in [0.25, 0.3) is 0 Å². The van der Waals surface area contributed by atoms with Gasteiger partial charge < -0.3 is 29.4 Å². The van der Waals surface area contributed by atoms with Crippen LogP contribution in [0, 0.1) is 0 Å². The molecule has 0 aliphatic rings. The molecule has 0 aliphatic carbocycles. The summed E-state index contributed by atoms with van der Waals surface area (Å²) in [5, 5.41) is 0. The monoisotopic (exact) mass is 386 g/mol. The zero-order valence-corrected chi connectivity index (χ0v) is 10.9. The zero-order valence-electron chi connectivity index (χ0n) is 7.33. The molecule has 0 aromatic carbocycles. The Bertz CT molecular complexity index is 381. The molecule has 0 heterocycles. The average molecular weight is 386 g/mol. The fourth-order valence-corrected chi connectivity index (χ4v) is 4.72. The van der Waals surface area contributed by atoms with Gasteiger partial charge in [-0.15, -0.1) is 0 Å². The van der Waals surface area contributed by atoms with Crippen molar-refractivity contribution in [3.63, 3.8) is 0 Å². The van der Waals surface area contributed by atoms with Gasteiger partial charge in [-0.2, -0.15) is 12.9 Å². The predicted octanol–water partition coefficient (Wildman–Crippen LogP) is -1.87. The third-order valence-electron chi connectivity index (χ3n) is 0.619. The first-order chi connectivity index (χ1) is 7.12. The molecule has 0 radical (unpaired) electrons. The van der Waals surface area contributed by atoms with Gasteiger partial charge in [0.25, 0.3) is 0 Å². The molecule has 0 aliphatic heterocycles. The van der Waals surface area contributed by atoms with Crippen molar-refractivity contribution >= 4 is 90.4 Å². The Morgan fingerprint density at radius 2 is 0.684 bits per heavy atom. The summed E-state index contributed by atoms with van der Waals surface area (Å²) in [5.41, 5.74) is 0. The molecule has 0 amide bonds. The van der Waals surface area contributed by atoms with Gasteiger partial charge in [-0.3, -0.25) is 0 Å². The fraction of sp³-hybridized carbons (Fsp3) is 0. The van der Waals surface area contributed by atoms with Crippen LogP contribution in [0.2, 0.25) is 0 Å². The van der Waals surface area contributed by atoms with Crippen molar-refractivity contribution in [1.82, 2.24) is 0 Å². The van der Waals surface area contributed by atoms with E-state index in [-0.39, 0.29) is 59.1 Å². The first-order valence-electron chi connectivity index (χ1n) is 3.03. The molecule has 19 heteroatoms. The SMILES string of the molecule is O=P(O)(O)OP(=O)(OP(=O)(O)O)OP(=O)(O)O.[NaH].[NaH]. The Kier molecular flexibility index (Phi) is 12.5. The molecule has 0 saturated carbocycles. The number of hydrogen-bond acceptors (Lipinski definition) is 7. The molecule has 6 N–H and O–H groups in total. The van der Waals surface area contributed by atoms with Gasteiger partial charge in [-0.1, -0.05) is 0 Å². The van der Waals surface area contributed by atoms with E-state index in [1.165, 1.54) is 0 Å². The first kappa shape index (κ1) is 26.5. The number of rotatable bonds is 6. The van der Waals surface area contributed by atoms with Crippen LogP contribution in [-0.4, -0.2) is 88.5 Å². The molecule has 0 atom stereocenters. The van der Waals surface area contributed by atoms with Crippen LogP contribution in [0.15, 0.2) is 0 Å². The van der Waals surface area contributed by atoms with Gasteiger partial charge in [-0.05, 0) is 0 Å². The first-order valence-corrected chi connectivity index (χ1v) is 9.08. The Morgan fingerprint density at radius 3 is 0.789 bits per heavy atom. The van der Waals surface area contributed by atoms with E-state index in [1.807, 2.05) is 0 Å². The number of phosphoric acid groups is 4. The van der Waals surface area contributed by atoms with Gasteiger partial charge in [-0.25, -0.2) is 18.3 Å². The van der Waals surface area contributed by atoms with Crippen LogP contribution < -0.4 is 0 Å². The Balaban J connectivity index is -0.00000128. The number of hydrogen-bond donors (Lipinski definition) is 6. The van der Waals surface area contributed by atoms with E-state index < -0.39 is 31.3 Å². The minimum atomic E-state index is -5.87. The van der Waals surface area contributed by atoms with Crippen molar-refractivity contribution in [2.24, 2.45) is 0 Å². The maximum absolute atomic E-state index is 11.1.